The molecule has 0 saturated carbocycles. The van der Waals surface area contributed by atoms with Crippen molar-refractivity contribution in [2.75, 3.05) is 50.2 Å². The zero-order valence-electron chi connectivity index (χ0n) is 11.6. The molecule has 0 radical (unpaired) electrons. The van der Waals surface area contributed by atoms with E-state index in [0.29, 0.717) is 37.1 Å². The van der Waals surface area contributed by atoms with Crippen LogP contribution in [0.1, 0.15) is 13.8 Å². The summed E-state index contributed by atoms with van der Waals surface area (Å²) in [5, 5.41) is 0.549. The van der Waals surface area contributed by atoms with Gasteiger partial charge in [0.2, 0.25) is 0 Å². The number of hydrogen-bond donors (Lipinski definition) is 1. The third kappa shape index (κ3) is 5.63. The number of hydrogen-bond acceptors (Lipinski definition) is 5. The number of nitrogen functional groups attached to an aromatic ring is 1. The van der Waals surface area contributed by atoms with E-state index in [0.717, 1.165) is 18.9 Å². The molecule has 2 N–H and O–H groups in total. The molecule has 19 heavy (non-hydrogen) atoms. The molecule has 0 fully saturated rings. The van der Waals surface area contributed by atoms with Crippen molar-refractivity contribution in [3.63, 3.8) is 0 Å². The van der Waals surface area contributed by atoms with E-state index in [1.165, 1.54) is 0 Å². The van der Waals surface area contributed by atoms with Gasteiger partial charge in [0.15, 0.2) is 0 Å². The number of ether oxygens (including phenoxy) is 2. The van der Waals surface area contributed by atoms with Crippen molar-refractivity contribution < 1.29 is 9.47 Å². The minimum absolute atomic E-state index is 0.549. The number of aromatic nitrogens is 1. The second-order valence-corrected chi connectivity index (χ2v) is 4.36. The highest BCUT2D eigenvalue weighted by molar-refractivity contribution is 6.33. The second-order valence-electron chi connectivity index (χ2n) is 3.95. The van der Waals surface area contributed by atoms with Crippen LogP contribution in [-0.4, -0.2) is 44.5 Å². The van der Waals surface area contributed by atoms with Gasteiger partial charge in [-0.2, -0.15) is 0 Å². The van der Waals surface area contributed by atoms with Crippen LogP contribution >= 0.6 is 11.6 Å². The largest absolute Gasteiger partial charge is 0.397 e. The Bertz CT molecular complexity index is 367. The molecule has 0 saturated heterocycles. The molecule has 1 rings (SSSR count). The number of anilines is 2. The summed E-state index contributed by atoms with van der Waals surface area (Å²) in [6, 6.07) is 1.71. The van der Waals surface area contributed by atoms with Crippen molar-refractivity contribution >= 4 is 23.1 Å². The highest BCUT2D eigenvalue weighted by atomic mass is 35.5. The minimum Gasteiger partial charge on any atom is -0.397 e. The molecule has 0 aliphatic carbocycles. The molecule has 1 heterocycles. The van der Waals surface area contributed by atoms with Crippen LogP contribution in [0.5, 0.6) is 0 Å². The van der Waals surface area contributed by atoms with Gasteiger partial charge in [-0.15, -0.1) is 0 Å². The highest BCUT2D eigenvalue weighted by Crippen LogP contribution is 2.24. The zero-order valence-corrected chi connectivity index (χ0v) is 12.3. The van der Waals surface area contributed by atoms with Gasteiger partial charge in [-0.25, -0.2) is 4.98 Å². The average Bonchev–Trinajstić information content (AvgIpc) is 2.38. The molecule has 6 heteroatoms. The van der Waals surface area contributed by atoms with Gasteiger partial charge in [-0.1, -0.05) is 11.6 Å². The Balaban J connectivity index is 2.69. The van der Waals surface area contributed by atoms with E-state index in [1.54, 1.807) is 12.3 Å². The summed E-state index contributed by atoms with van der Waals surface area (Å²) in [6.07, 6.45) is 1.61. The molecular weight excluding hydrogens is 266 g/mol. The molecule has 108 valence electrons. The number of rotatable bonds is 9. The predicted molar refractivity (Wildman–Crippen MR) is 78.9 cm³/mol. The standard InChI is InChI=1S/C13H22ClN3O2/c1-3-18-7-5-17(6-8-19-4-2)13-12(14)9-11(15)10-16-13/h9-10H,3-8,15H2,1-2H3. The number of nitrogens with zero attached hydrogens (tertiary/aromatic N) is 2. The summed E-state index contributed by atoms with van der Waals surface area (Å²) >= 11 is 6.18. The van der Waals surface area contributed by atoms with Crippen LogP contribution in [0.25, 0.3) is 0 Å². The average molecular weight is 288 g/mol. The quantitative estimate of drug-likeness (QED) is 0.706. The lowest BCUT2D eigenvalue weighted by atomic mass is 10.3. The van der Waals surface area contributed by atoms with E-state index in [1.807, 2.05) is 18.7 Å². The molecule has 5 nitrogen and oxygen atoms in total. The van der Waals surface area contributed by atoms with Crippen LogP contribution in [0.3, 0.4) is 0 Å². The van der Waals surface area contributed by atoms with Gasteiger partial charge in [0, 0.05) is 26.3 Å². The number of nitrogens with two attached hydrogens (primary N) is 1. The van der Waals surface area contributed by atoms with E-state index >= 15 is 0 Å². The Morgan fingerprint density at radius 3 is 2.26 bits per heavy atom. The van der Waals surface area contributed by atoms with Crippen molar-refractivity contribution in [3.8, 4) is 0 Å². The van der Waals surface area contributed by atoms with E-state index in [2.05, 4.69) is 4.98 Å². The fourth-order valence-corrected chi connectivity index (χ4v) is 1.93. The minimum atomic E-state index is 0.549. The smallest absolute Gasteiger partial charge is 0.147 e. The van der Waals surface area contributed by atoms with Gasteiger partial charge < -0.3 is 20.1 Å². The zero-order chi connectivity index (χ0) is 14.1. The summed E-state index contributed by atoms with van der Waals surface area (Å²) in [5.41, 5.74) is 6.21. The first kappa shape index (κ1) is 16.0. The van der Waals surface area contributed by atoms with Crippen molar-refractivity contribution in [2.24, 2.45) is 0 Å². The lowest BCUT2D eigenvalue weighted by molar-refractivity contribution is 0.141. The third-order valence-corrected chi connectivity index (χ3v) is 2.84. The summed E-state index contributed by atoms with van der Waals surface area (Å²) in [5.74, 6) is 0.718. The van der Waals surface area contributed by atoms with Gasteiger partial charge in [0.25, 0.3) is 0 Å². The van der Waals surface area contributed by atoms with Crippen molar-refractivity contribution in [3.05, 3.63) is 17.3 Å². The van der Waals surface area contributed by atoms with Crippen molar-refractivity contribution in [1.82, 2.24) is 4.98 Å². The molecule has 1 aromatic rings. The van der Waals surface area contributed by atoms with Gasteiger partial charge in [0.1, 0.15) is 5.82 Å². The lowest BCUT2D eigenvalue weighted by Crippen LogP contribution is -2.32. The Kier molecular flexibility index (Phi) is 7.55. The molecule has 0 unspecified atom stereocenters. The Morgan fingerprint density at radius 1 is 1.21 bits per heavy atom. The van der Waals surface area contributed by atoms with Crippen LogP contribution in [0, 0.1) is 0 Å². The van der Waals surface area contributed by atoms with Crippen molar-refractivity contribution in [2.45, 2.75) is 13.8 Å². The maximum absolute atomic E-state index is 6.18. The first-order chi connectivity index (χ1) is 9.19. The summed E-state index contributed by atoms with van der Waals surface area (Å²) < 4.78 is 10.8. The van der Waals surface area contributed by atoms with Crippen molar-refractivity contribution in [1.29, 1.82) is 0 Å². The number of halogens is 1. The van der Waals surface area contributed by atoms with Gasteiger partial charge in [-0.05, 0) is 19.9 Å². The van der Waals surface area contributed by atoms with Crippen LogP contribution in [-0.2, 0) is 9.47 Å². The third-order valence-electron chi connectivity index (χ3n) is 2.56. The topological polar surface area (TPSA) is 60.6 Å². The van der Waals surface area contributed by atoms with E-state index < -0.39 is 0 Å². The molecule has 1 aromatic heterocycles. The molecule has 0 amide bonds. The van der Waals surface area contributed by atoms with Gasteiger partial charge >= 0.3 is 0 Å². The van der Waals surface area contributed by atoms with E-state index in [4.69, 9.17) is 26.8 Å². The molecule has 0 spiro atoms. The molecular formula is C13H22ClN3O2. The monoisotopic (exact) mass is 287 g/mol. The SMILES string of the molecule is CCOCCN(CCOCC)c1ncc(N)cc1Cl. The highest BCUT2D eigenvalue weighted by Gasteiger charge is 2.12. The lowest BCUT2D eigenvalue weighted by Gasteiger charge is -2.24. The Morgan fingerprint density at radius 2 is 1.79 bits per heavy atom. The van der Waals surface area contributed by atoms with E-state index in [-0.39, 0.29) is 0 Å². The normalized spacial score (nSPS) is 10.7. The van der Waals surface area contributed by atoms with Gasteiger partial charge in [-0.3, -0.25) is 0 Å². The summed E-state index contributed by atoms with van der Waals surface area (Å²) in [4.78, 5) is 6.34. The van der Waals surface area contributed by atoms with Gasteiger partial charge in [0.05, 0.1) is 30.1 Å². The molecule has 0 aliphatic rings. The molecule has 0 aliphatic heterocycles. The maximum atomic E-state index is 6.18. The molecule has 0 atom stereocenters. The molecule has 0 aromatic carbocycles. The second kappa shape index (κ2) is 8.96. The fraction of sp³-hybridized carbons (Fsp3) is 0.615. The first-order valence-corrected chi connectivity index (χ1v) is 6.88. The molecule has 0 bridgehead atoms. The maximum Gasteiger partial charge on any atom is 0.147 e. The first-order valence-electron chi connectivity index (χ1n) is 6.50. The predicted octanol–water partition coefficient (Wildman–Crippen LogP) is 2.20. The summed E-state index contributed by atoms with van der Waals surface area (Å²) in [6.45, 7) is 8.04. The van der Waals surface area contributed by atoms with Crippen LogP contribution in [0.15, 0.2) is 12.3 Å². The number of pyridine rings is 1. The van der Waals surface area contributed by atoms with Crippen LogP contribution in [0.2, 0.25) is 5.02 Å². The van der Waals surface area contributed by atoms with E-state index in [9.17, 15) is 0 Å². The Labute approximate surface area is 119 Å². The Hall–Kier alpha value is -1.04. The van der Waals surface area contributed by atoms with Crippen LogP contribution < -0.4 is 10.6 Å². The fourth-order valence-electron chi connectivity index (χ4n) is 1.64. The van der Waals surface area contributed by atoms with Crippen LogP contribution in [0.4, 0.5) is 11.5 Å². The summed E-state index contributed by atoms with van der Waals surface area (Å²) in [7, 11) is 0.